The predicted molar refractivity (Wildman–Crippen MR) is 73.0 cm³/mol. The number of rotatable bonds is 4. The van der Waals surface area contributed by atoms with Crippen LogP contribution in [-0.2, 0) is 10.3 Å². The van der Waals surface area contributed by atoms with Crippen molar-refractivity contribution >= 4 is 20.6 Å². The maximum atomic E-state index is 6.10. The first-order chi connectivity index (χ1) is 7.75. The number of halogens is 1. The van der Waals surface area contributed by atoms with Gasteiger partial charge in [-0.05, 0) is 25.4 Å². The predicted octanol–water partition coefficient (Wildman–Crippen LogP) is 3.81. The zero-order chi connectivity index (χ0) is 13.2. The lowest BCUT2D eigenvalue weighted by molar-refractivity contribution is 0.0646. The first-order valence-electron chi connectivity index (χ1n) is 5.93. The molecule has 0 bridgehead atoms. The van der Waals surface area contributed by atoms with E-state index in [1.807, 2.05) is 6.92 Å². The molecule has 5 heteroatoms. The molecule has 1 atom stereocenters. The molecule has 0 amide bonds. The minimum absolute atomic E-state index is 0.00878. The fourth-order valence-corrected chi connectivity index (χ4v) is 2.89. The zero-order valence-corrected chi connectivity index (χ0v) is 13.4. The van der Waals surface area contributed by atoms with E-state index in [9.17, 15) is 0 Å². The second-order valence-electron chi connectivity index (χ2n) is 5.62. The Bertz CT molecular complexity index is 371. The minimum atomic E-state index is -1.14. The molecule has 1 rings (SSSR count). The molecule has 0 aromatic carbocycles. The van der Waals surface area contributed by atoms with Gasteiger partial charge in [0.25, 0.3) is 0 Å². The number of hydrogen-bond acceptors (Lipinski definition) is 3. The maximum Gasteiger partial charge on any atom is 0.209 e. The Labute approximate surface area is 110 Å². The summed E-state index contributed by atoms with van der Waals surface area (Å²) in [4.78, 5) is 4.31. The van der Waals surface area contributed by atoms with E-state index in [-0.39, 0.29) is 11.5 Å². The summed E-state index contributed by atoms with van der Waals surface area (Å²) in [6.07, 6.45) is -0.0429. The van der Waals surface area contributed by atoms with Gasteiger partial charge >= 0.3 is 0 Å². The van der Waals surface area contributed by atoms with Gasteiger partial charge < -0.3 is 8.84 Å². The summed E-state index contributed by atoms with van der Waals surface area (Å²) in [5, 5.41) is 0. The highest BCUT2D eigenvalue weighted by molar-refractivity contribution is 6.48. The topological polar surface area (TPSA) is 35.3 Å². The average Bonchev–Trinajstić information content (AvgIpc) is 2.54. The van der Waals surface area contributed by atoms with Crippen molar-refractivity contribution in [1.29, 1.82) is 0 Å². The molecule has 1 aromatic heterocycles. The molecule has 1 heterocycles. The number of hydrogen-bond donors (Lipinski definition) is 0. The van der Waals surface area contributed by atoms with Crippen molar-refractivity contribution in [1.82, 2.24) is 4.98 Å². The van der Waals surface area contributed by atoms with Gasteiger partial charge in [-0.3, -0.25) is 0 Å². The van der Waals surface area contributed by atoms with Crippen LogP contribution in [0.3, 0.4) is 0 Å². The van der Waals surface area contributed by atoms with Gasteiger partial charge in [0.1, 0.15) is 6.10 Å². The van der Waals surface area contributed by atoms with Gasteiger partial charge in [-0.15, -0.1) is 11.6 Å². The molecule has 0 fully saturated rings. The molecule has 17 heavy (non-hydrogen) atoms. The molecule has 0 radical (unpaired) electrons. The van der Waals surface area contributed by atoms with Gasteiger partial charge in [0.05, 0.1) is 11.6 Å². The number of nitrogens with zero attached hydrogens (tertiary/aromatic N) is 1. The zero-order valence-electron chi connectivity index (χ0n) is 11.5. The summed E-state index contributed by atoms with van der Waals surface area (Å²) in [7, 11) is -1.14. The van der Waals surface area contributed by atoms with Crippen LogP contribution in [0.1, 0.15) is 44.2 Å². The summed E-state index contributed by atoms with van der Waals surface area (Å²) >= 11 is 5.75. The molecule has 0 spiro atoms. The molecule has 0 aliphatic heterocycles. The summed E-state index contributed by atoms with van der Waals surface area (Å²) in [5.41, 5.74) is 0.876. The van der Waals surface area contributed by atoms with Crippen LogP contribution in [0.4, 0.5) is 0 Å². The summed E-state index contributed by atoms with van der Waals surface area (Å²) < 4.78 is 11.8. The Kier molecular flexibility index (Phi) is 4.81. The van der Waals surface area contributed by atoms with Crippen molar-refractivity contribution in [2.24, 2.45) is 5.41 Å². The maximum absolute atomic E-state index is 6.10. The van der Waals surface area contributed by atoms with Crippen molar-refractivity contribution in [3.63, 3.8) is 0 Å². The summed E-state index contributed by atoms with van der Waals surface area (Å²) in [6, 6.07) is 0. The van der Waals surface area contributed by atoms with Crippen LogP contribution < -0.4 is 0 Å². The van der Waals surface area contributed by atoms with Gasteiger partial charge in [0.2, 0.25) is 5.89 Å². The van der Waals surface area contributed by atoms with Crippen LogP contribution in [0.15, 0.2) is 4.42 Å². The van der Waals surface area contributed by atoms with Gasteiger partial charge in [0, 0.05) is 0 Å². The summed E-state index contributed by atoms with van der Waals surface area (Å²) in [5.74, 6) is 1.70. The first kappa shape index (κ1) is 14.7. The molecular weight excluding hydrogens is 254 g/mol. The van der Waals surface area contributed by atoms with Crippen LogP contribution in [-0.4, -0.2) is 14.0 Å². The molecule has 0 saturated heterocycles. The average molecular weight is 276 g/mol. The van der Waals surface area contributed by atoms with Crippen LogP contribution in [0.25, 0.3) is 0 Å². The van der Waals surface area contributed by atoms with Gasteiger partial charge in [-0.25, -0.2) is 4.98 Å². The van der Waals surface area contributed by atoms with Gasteiger partial charge in [-0.2, -0.15) is 0 Å². The van der Waals surface area contributed by atoms with Crippen molar-refractivity contribution in [2.45, 2.75) is 52.8 Å². The quantitative estimate of drug-likeness (QED) is 0.619. The molecule has 1 unspecified atom stereocenters. The van der Waals surface area contributed by atoms with E-state index in [2.05, 4.69) is 38.8 Å². The highest BCUT2D eigenvalue weighted by Crippen LogP contribution is 2.38. The lowest BCUT2D eigenvalue weighted by Crippen LogP contribution is -2.26. The third-order valence-corrected chi connectivity index (χ3v) is 3.47. The Balaban J connectivity index is 3.08. The second kappa shape index (κ2) is 5.55. The lowest BCUT2D eigenvalue weighted by atomic mass is 9.87. The SMILES string of the molecule is Cc1nc(CCl)oc1C(O[SiH](C)C)C(C)(C)C. The van der Waals surface area contributed by atoms with Crippen molar-refractivity contribution in [3.8, 4) is 0 Å². The largest absolute Gasteiger partial charge is 0.441 e. The van der Waals surface area contributed by atoms with E-state index in [4.69, 9.17) is 20.4 Å². The number of oxazole rings is 1. The van der Waals surface area contributed by atoms with E-state index in [1.165, 1.54) is 0 Å². The van der Waals surface area contributed by atoms with Crippen molar-refractivity contribution in [2.75, 3.05) is 0 Å². The van der Waals surface area contributed by atoms with E-state index in [0.29, 0.717) is 11.8 Å². The van der Waals surface area contributed by atoms with E-state index in [0.717, 1.165) is 11.5 Å². The molecular formula is C12H22ClNO2Si. The van der Waals surface area contributed by atoms with E-state index >= 15 is 0 Å². The van der Waals surface area contributed by atoms with Crippen LogP contribution in [0.2, 0.25) is 13.1 Å². The van der Waals surface area contributed by atoms with Crippen molar-refractivity contribution < 1.29 is 8.84 Å². The fraction of sp³-hybridized carbons (Fsp3) is 0.750. The molecule has 1 aromatic rings. The third kappa shape index (κ3) is 3.83. The molecule has 3 nitrogen and oxygen atoms in total. The molecule has 0 saturated carbocycles. The molecule has 98 valence electrons. The highest BCUT2D eigenvalue weighted by atomic mass is 35.5. The Hall–Kier alpha value is -0.323. The van der Waals surface area contributed by atoms with Crippen LogP contribution in [0.5, 0.6) is 0 Å². The Morgan fingerprint density at radius 1 is 1.41 bits per heavy atom. The second-order valence-corrected chi connectivity index (χ2v) is 8.26. The highest BCUT2D eigenvalue weighted by Gasteiger charge is 2.32. The molecule has 0 aliphatic carbocycles. The number of aromatic nitrogens is 1. The number of alkyl halides is 1. The molecule has 0 aliphatic rings. The van der Waals surface area contributed by atoms with Crippen molar-refractivity contribution in [3.05, 3.63) is 17.3 Å². The molecule has 0 N–H and O–H groups in total. The van der Waals surface area contributed by atoms with Gasteiger partial charge in [0.15, 0.2) is 14.8 Å². The van der Waals surface area contributed by atoms with E-state index < -0.39 is 9.04 Å². The monoisotopic (exact) mass is 275 g/mol. The fourth-order valence-electron chi connectivity index (χ4n) is 1.70. The Morgan fingerprint density at radius 2 is 2.00 bits per heavy atom. The van der Waals surface area contributed by atoms with E-state index in [1.54, 1.807) is 0 Å². The summed E-state index contributed by atoms with van der Waals surface area (Å²) in [6.45, 7) is 12.7. The number of aryl methyl sites for hydroxylation is 1. The third-order valence-electron chi connectivity index (χ3n) is 2.42. The smallest absolute Gasteiger partial charge is 0.209 e. The minimum Gasteiger partial charge on any atom is -0.441 e. The normalized spacial score (nSPS) is 14.4. The lowest BCUT2D eigenvalue weighted by Gasteiger charge is -2.31. The Morgan fingerprint density at radius 3 is 2.35 bits per heavy atom. The standard InChI is InChI=1S/C12H22ClNO2Si/c1-8-10(15-9(7-13)14-8)11(12(2,3)4)16-17(5)6/h11,17H,7H2,1-6H3. The van der Waals surface area contributed by atoms with Crippen LogP contribution >= 0.6 is 11.6 Å². The first-order valence-corrected chi connectivity index (χ1v) is 9.25. The van der Waals surface area contributed by atoms with Crippen LogP contribution in [0, 0.1) is 12.3 Å². The van der Waals surface area contributed by atoms with Gasteiger partial charge in [-0.1, -0.05) is 20.8 Å².